The van der Waals surface area contributed by atoms with E-state index >= 15 is 0 Å². The minimum absolute atomic E-state index is 0.100. The van der Waals surface area contributed by atoms with E-state index in [0.29, 0.717) is 22.3 Å². The molecule has 0 radical (unpaired) electrons. The fourth-order valence-corrected chi connectivity index (χ4v) is 2.79. The number of aromatic nitrogens is 3. The van der Waals surface area contributed by atoms with Crippen molar-refractivity contribution in [3.63, 3.8) is 0 Å². The first-order valence-corrected chi connectivity index (χ1v) is 8.18. The van der Waals surface area contributed by atoms with Crippen LogP contribution in [-0.4, -0.2) is 38.8 Å². The van der Waals surface area contributed by atoms with Gasteiger partial charge in [-0.1, -0.05) is 11.6 Å². The summed E-state index contributed by atoms with van der Waals surface area (Å²) in [7, 11) is 1.68. The van der Waals surface area contributed by atoms with Gasteiger partial charge in [-0.05, 0) is 25.1 Å². The first-order valence-electron chi connectivity index (χ1n) is 7.80. The average Bonchev–Trinajstić information content (AvgIpc) is 2.61. The van der Waals surface area contributed by atoms with Crippen LogP contribution in [0.25, 0.3) is 10.9 Å². The molecule has 3 rings (SSSR count). The number of H-pyrrole nitrogens is 1. The van der Waals surface area contributed by atoms with E-state index in [1.165, 1.54) is 6.20 Å². The number of pyridine rings is 1. The van der Waals surface area contributed by atoms with Crippen molar-refractivity contribution < 1.29 is 4.79 Å². The fraction of sp³-hybridized carbons (Fsp3) is 0.222. The Morgan fingerprint density at radius 3 is 2.88 bits per heavy atom. The van der Waals surface area contributed by atoms with Crippen LogP contribution in [0.15, 0.2) is 47.8 Å². The Bertz CT molecular complexity index is 972. The number of amides is 1. The number of aromatic amines is 1. The van der Waals surface area contributed by atoms with Gasteiger partial charge in [0.05, 0.1) is 11.2 Å². The van der Waals surface area contributed by atoms with Gasteiger partial charge in [-0.25, -0.2) is 0 Å². The summed E-state index contributed by atoms with van der Waals surface area (Å²) in [5.74, 6) is -0.338. The third kappa shape index (κ3) is 3.53. The summed E-state index contributed by atoms with van der Waals surface area (Å²) in [5.41, 5.74) is 1.18. The Morgan fingerprint density at radius 2 is 2.16 bits per heavy atom. The summed E-state index contributed by atoms with van der Waals surface area (Å²) in [6.45, 7) is 1.90. The normalized spacial score (nSPS) is 12.1. The Morgan fingerprint density at radius 1 is 1.36 bits per heavy atom. The lowest BCUT2D eigenvalue weighted by molar-refractivity contribution is 0.0741. The maximum atomic E-state index is 12.8. The van der Waals surface area contributed by atoms with Gasteiger partial charge in [0.15, 0.2) is 0 Å². The zero-order valence-corrected chi connectivity index (χ0v) is 14.6. The number of hydrogen-bond donors (Lipinski definition) is 1. The second-order valence-electron chi connectivity index (χ2n) is 5.89. The summed E-state index contributed by atoms with van der Waals surface area (Å²) >= 11 is 5.93. The number of likely N-dealkylation sites (N-methyl/N-ethyl adjacent to an activating group) is 1. The molecule has 1 amide bonds. The van der Waals surface area contributed by atoms with E-state index in [4.69, 9.17) is 11.6 Å². The zero-order chi connectivity index (χ0) is 18.0. The highest BCUT2D eigenvalue weighted by molar-refractivity contribution is 6.31. The number of fused-ring (bicyclic) bond motifs is 1. The molecule has 0 saturated carbocycles. The first-order chi connectivity index (χ1) is 12.0. The zero-order valence-electron chi connectivity index (χ0n) is 13.9. The number of hydrogen-bond acceptors (Lipinski definition) is 4. The van der Waals surface area contributed by atoms with E-state index in [0.717, 1.165) is 5.69 Å². The van der Waals surface area contributed by atoms with Gasteiger partial charge in [0.2, 0.25) is 5.43 Å². The monoisotopic (exact) mass is 356 g/mol. The average molecular weight is 357 g/mol. The van der Waals surface area contributed by atoms with Crippen molar-refractivity contribution in [2.75, 3.05) is 7.05 Å². The third-order valence-electron chi connectivity index (χ3n) is 4.18. The largest absolute Gasteiger partial charge is 0.360 e. The molecule has 2 aromatic heterocycles. The molecular weight excluding hydrogens is 340 g/mol. The van der Waals surface area contributed by atoms with Crippen molar-refractivity contribution in [2.24, 2.45) is 0 Å². The van der Waals surface area contributed by atoms with Crippen LogP contribution in [0.4, 0.5) is 0 Å². The van der Waals surface area contributed by atoms with Gasteiger partial charge >= 0.3 is 0 Å². The van der Waals surface area contributed by atoms with Gasteiger partial charge < -0.3 is 9.88 Å². The molecule has 0 saturated heterocycles. The van der Waals surface area contributed by atoms with Crippen LogP contribution in [0.5, 0.6) is 0 Å². The minimum atomic E-state index is -0.338. The third-order valence-corrected chi connectivity index (χ3v) is 4.41. The maximum Gasteiger partial charge on any atom is 0.259 e. The molecule has 0 aliphatic heterocycles. The molecule has 25 heavy (non-hydrogen) atoms. The SMILES string of the molecule is C[C@H](Cc1cnccn1)N(C)C(=O)c1c[nH]c2cc(Cl)ccc2c1=O. The quantitative estimate of drug-likeness (QED) is 0.779. The Labute approximate surface area is 149 Å². The van der Waals surface area contributed by atoms with Crippen LogP contribution in [0.3, 0.4) is 0 Å². The van der Waals surface area contributed by atoms with Gasteiger partial charge in [-0.3, -0.25) is 19.6 Å². The summed E-state index contributed by atoms with van der Waals surface area (Å²) in [6.07, 6.45) is 6.88. The van der Waals surface area contributed by atoms with Crippen molar-refractivity contribution in [3.05, 3.63) is 69.5 Å². The van der Waals surface area contributed by atoms with Gasteiger partial charge in [0, 0.05) is 54.7 Å². The molecule has 0 aliphatic rings. The molecule has 1 N–H and O–H groups in total. The lowest BCUT2D eigenvalue weighted by Crippen LogP contribution is -2.38. The molecule has 0 aliphatic carbocycles. The molecule has 1 atom stereocenters. The number of nitrogens with one attached hydrogen (secondary N) is 1. The molecule has 1 aromatic carbocycles. The number of benzene rings is 1. The highest BCUT2D eigenvalue weighted by Crippen LogP contribution is 2.16. The fourth-order valence-electron chi connectivity index (χ4n) is 2.62. The summed E-state index contributed by atoms with van der Waals surface area (Å²) in [5, 5.41) is 0.960. The van der Waals surface area contributed by atoms with Crippen LogP contribution in [0.1, 0.15) is 23.0 Å². The predicted octanol–water partition coefficient (Wildman–Crippen LogP) is 2.67. The predicted molar refractivity (Wildman–Crippen MR) is 96.9 cm³/mol. The van der Waals surface area contributed by atoms with Crippen LogP contribution in [-0.2, 0) is 6.42 Å². The molecule has 0 unspecified atom stereocenters. The van der Waals surface area contributed by atoms with Crippen molar-refractivity contribution in [3.8, 4) is 0 Å². The van der Waals surface area contributed by atoms with Crippen LogP contribution in [0.2, 0.25) is 5.02 Å². The summed E-state index contributed by atoms with van der Waals surface area (Å²) in [6, 6.07) is 4.78. The molecule has 3 aromatic rings. The maximum absolute atomic E-state index is 12.8. The van der Waals surface area contributed by atoms with E-state index in [9.17, 15) is 9.59 Å². The van der Waals surface area contributed by atoms with Crippen LogP contribution in [0, 0.1) is 0 Å². The molecule has 6 nitrogen and oxygen atoms in total. The van der Waals surface area contributed by atoms with Gasteiger partial charge in [-0.2, -0.15) is 0 Å². The standard InChI is InChI=1S/C18H17ClN4O2/c1-11(7-13-9-20-5-6-21-13)23(2)18(25)15-10-22-16-8-12(19)3-4-14(16)17(15)24/h3-6,8-11H,7H2,1-2H3,(H,22,24)/t11-/m1/s1. The van der Waals surface area contributed by atoms with Crippen LogP contribution < -0.4 is 5.43 Å². The van der Waals surface area contributed by atoms with E-state index < -0.39 is 0 Å². The first kappa shape index (κ1) is 17.1. The van der Waals surface area contributed by atoms with Gasteiger partial charge in [0.1, 0.15) is 5.56 Å². The van der Waals surface area contributed by atoms with Crippen molar-refractivity contribution in [1.82, 2.24) is 19.9 Å². The van der Waals surface area contributed by atoms with Gasteiger partial charge in [-0.15, -0.1) is 0 Å². The number of carbonyl (C=O) groups excluding carboxylic acids is 1. The lowest BCUT2D eigenvalue weighted by Gasteiger charge is -2.24. The van der Waals surface area contributed by atoms with Gasteiger partial charge in [0.25, 0.3) is 5.91 Å². The Hall–Kier alpha value is -2.73. The Balaban J connectivity index is 1.87. The molecule has 0 fully saturated rings. The molecule has 0 bridgehead atoms. The summed E-state index contributed by atoms with van der Waals surface area (Å²) < 4.78 is 0. The number of halogens is 1. The van der Waals surface area contributed by atoms with E-state index in [1.807, 2.05) is 6.92 Å². The topological polar surface area (TPSA) is 79.0 Å². The van der Waals surface area contributed by atoms with Crippen molar-refractivity contribution in [2.45, 2.75) is 19.4 Å². The highest BCUT2D eigenvalue weighted by Gasteiger charge is 2.21. The molecular formula is C18H17ClN4O2. The second kappa shape index (κ2) is 7.03. The van der Waals surface area contributed by atoms with Crippen molar-refractivity contribution >= 4 is 28.4 Å². The molecule has 128 valence electrons. The van der Waals surface area contributed by atoms with E-state index in [2.05, 4.69) is 15.0 Å². The lowest BCUT2D eigenvalue weighted by atomic mass is 10.1. The number of carbonyl (C=O) groups is 1. The van der Waals surface area contributed by atoms with Crippen LogP contribution >= 0.6 is 11.6 Å². The summed E-state index contributed by atoms with van der Waals surface area (Å²) in [4.78, 5) is 38.1. The number of nitrogens with zero attached hydrogens (tertiary/aromatic N) is 3. The molecule has 2 heterocycles. The minimum Gasteiger partial charge on any atom is -0.360 e. The second-order valence-corrected chi connectivity index (χ2v) is 6.32. The van der Waals surface area contributed by atoms with Crippen molar-refractivity contribution in [1.29, 1.82) is 0 Å². The molecule has 7 heteroatoms. The number of rotatable bonds is 4. The Kier molecular flexibility index (Phi) is 4.81. The van der Waals surface area contributed by atoms with E-state index in [1.54, 1.807) is 48.7 Å². The molecule has 0 spiro atoms. The smallest absolute Gasteiger partial charge is 0.259 e. The highest BCUT2D eigenvalue weighted by atomic mass is 35.5. The van der Waals surface area contributed by atoms with E-state index in [-0.39, 0.29) is 22.9 Å².